The van der Waals surface area contributed by atoms with E-state index >= 15 is 0 Å². The lowest BCUT2D eigenvalue weighted by atomic mass is 9.96. The maximum atomic E-state index is 12.2. The van der Waals surface area contributed by atoms with E-state index in [1.807, 2.05) is 30.3 Å². The molecule has 3 aromatic rings. The molecule has 0 unspecified atom stereocenters. The van der Waals surface area contributed by atoms with E-state index in [1.165, 1.54) is 5.56 Å². The number of pyridine rings is 1. The van der Waals surface area contributed by atoms with E-state index in [9.17, 15) is 9.59 Å². The molecule has 0 aliphatic carbocycles. The number of hydrogen-bond acceptors (Lipinski definition) is 4. The number of carbonyl (C=O) groups excluding carboxylic acids is 1. The van der Waals surface area contributed by atoms with Crippen molar-refractivity contribution < 1.29 is 14.7 Å². The molecule has 6 heteroatoms. The molecule has 162 valence electrons. The zero-order valence-electron chi connectivity index (χ0n) is 18.2. The zero-order chi connectivity index (χ0) is 22.4. The Morgan fingerprint density at radius 2 is 1.77 bits per heavy atom. The van der Waals surface area contributed by atoms with E-state index in [0.717, 1.165) is 28.7 Å². The third-order valence-electron chi connectivity index (χ3n) is 5.15. The summed E-state index contributed by atoms with van der Waals surface area (Å²) >= 11 is 0. The monoisotopic (exact) mass is 419 g/mol. The zero-order valence-corrected chi connectivity index (χ0v) is 18.2. The maximum absolute atomic E-state index is 12.2. The molecule has 0 fully saturated rings. The van der Waals surface area contributed by atoms with Gasteiger partial charge in [-0.2, -0.15) is 0 Å². The normalized spacial score (nSPS) is 12.0. The molecule has 0 saturated carbocycles. The van der Waals surface area contributed by atoms with E-state index in [2.05, 4.69) is 43.5 Å². The molecule has 1 heterocycles. The van der Waals surface area contributed by atoms with Crippen LogP contribution in [0.1, 0.15) is 54.2 Å². The summed E-state index contributed by atoms with van der Waals surface area (Å²) in [5.41, 5.74) is 3.71. The summed E-state index contributed by atoms with van der Waals surface area (Å²) in [5.74, 6) is 0.0964. The van der Waals surface area contributed by atoms with Crippen molar-refractivity contribution in [3.63, 3.8) is 0 Å². The van der Waals surface area contributed by atoms with E-state index in [0.29, 0.717) is 11.5 Å². The number of para-hydroxylation sites is 1. The first-order chi connectivity index (χ1) is 14.8. The second kappa shape index (κ2) is 10.1. The number of aromatic nitrogens is 1. The Morgan fingerprint density at radius 3 is 2.45 bits per heavy atom. The number of nitrogens with one attached hydrogen (secondary N) is 2. The first-order valence-electron chi connectivity index (χ1n) is 10.6. The van der Waals surface area contributed by atoms with Gasteiger partial charge in [0.2, 0.25) is 0 Å². The maximum Gasteiger partial charge on any atom is 0.305 e. The van der Waals surface area contributed by atoms with Gasteiger partial charge in [0, 0.05) is 17.5 Å². The van der Waals surface area contributed by atoms with Gasteiger partial charge in [-0.3, -0.25) is 9.59 Å². The average molecular weight is 420 g/mol. The Bertz CT molecular complexity index is 1060. The number of benzene rings is 2. The molecule has 1 atom stereocenters. The van der Waals surface area contributed by atoms with Crippen molar-refractivity contribution >= 4 is 28.6 Å². The summed E-state index contributed by atoms with van der Waals surface area (Å²) in [4.78, 5) is 27.6. The number of carbonyl (C=O) groups is 2. The smallest absolute Gasteiger partial charge is 0.305 e. The van der Waals surface area contributed by atoms with Crippen molar-refractivity contribution in [3.05, 3.63) is 71.3 Å². The van der Waals surface area contributed by atoms with Crippen LogP contribution in [0, 0.1) is 12.8 Å². The minimum Gasteiger partial charge on any atom is -0.481 e. The van der Waals surface area contributed by atoms with Crippen LogP contribution in [0.25, 0.3) is 10.9 Å². The Hall–Kier alpha value is -3.41. The molecule has 0 radical (unpaired) electrons. The highest BCUT2D eigenvalue weighted by atomic mass is 16.4. The molecule has 2 aromatic carbocycles. The summed E-state index contributed by atoms with van der Waals surface area (Å²) < 4.78 is 0. The molecule has 3 rings (SSSR count). The van der Waals surface area contributed by atoms with Gasteiger partial charge in [-0.1, -0.05) is 44.2 Å². The number of carboxylic acids is 1. The summed E-state index contributed by atoms with van der Waals surface area (Å²) in [5, 5.41) is 16.1. The molecule has 1 aromatic heterocycles. The van der Waals surface area contributed by atoms with Crippen LogP contribution in [0.4, 0.5) is 5.82 Å². The molecule has 6 nitrogen and oxygen atoms in total. The minimum absolute atomic E-state index is 0.0529. The number of anilines is 1. The number of fused-ring (bicyclic) bond motifs is 1. The van der Waals surface area contributed by atoms with E-state index in [1.54, 1.807) is 12.1 Å². The van der Waals surface area contributed by atoms with Crippen LogP contribution >= 0.6 is 0 Å². The highest BCUT2D eigenvalue weighted by Crippen LogP contribution is 2.28. The fraction of sp³-hybridized carbons (Fsp3) is 0.320. The molecular weight excluding hydrogens is 390 g/mol. The predicted molar refractivity (Wildman–Crippen MR) is 123 cm³/mol. The molecule has 0 spiro atoms. The fourth-order valence-electron chi connectivity index (χ4n) is 3.60. The first kappa shape index (κ1) is 22.3. The lowest BCUT2D eigenvalue weighted by Crippen LogP contribution is -2.26. The highest BCUT2D eigenvalue weighted by Gasteiger charge is 2.16. The van der Waals surface area contributed by atoms with Crippen molar-refractivity contribution in [1.82, 2.24) is 10.3 Å². The van der Waals surface area contributed by atoms with Crippen molar-refractivity contribution in [2.45, 2.75) is 39.7 Å². The van der Waals surface area contributed by atoms with Gasteiger partial charge in [-0.25, -0.2) is 4.98 Å². The minimum atomic E-state index is -0.934. The predicted octanol–water partition coefficient (Wildman–Crippen LogP) is 4.95. The van der Waals surface area contributed by atoms with Crippen LogP contribution in [0.15, 0.2) is 54.6 Å². The topological polar surface area (TPSA) is 91.3 Å². The first-order valence-corrected chi connectivity index (χ1v) is 10.6. The molecule has 0 aliphatic rings. The van der Waals surface area contributed by atoms with E-state index in [-0.39, 0.29) is 24.9 Å². The Balaban J connectivity index is 1.78. The fourth-order valence-corrected chi connectivity index (χ4v) is 3.60. The summed E-state index contributed by atoms with van der Waals surface area (Å²) in [6, 6.07) is 17.7. The summed E-state index contributed by atoms with van der Waals surface area (Å²) in [7, 11) is 0. The van der Waals surface area contributed by atoms with Crippen molar-refractivity contribution in [1.29, 1.82) is 0 Å². The second-order valence-electron chi connectivity index (χ2n) is 8.19. The van der Waals surface area contributed by atoms with Crippen LogP contribution in [0.2, 0.25) is 0 Å². The molecule has 0 saturated heterocycles. The molecule has 0 aliphatic heterocycles. The number of aliphatic carboxylic acids is 1. The quantitative estimate of drug-likeness (QED) is 0.457. The third kappa shape index (κ3) is 6.04. The van der Waals surface area contributed by atoms with Crippen LogP contribution < -0.4 is 10.6 Å². The molecular formula is C25H29N3O3. The van der Waals surface area contributed by atoms with Crippen LogP contribution in [0.5, 0.6) is 0 Å². The van der Waals surface area contributed by atoms with E-state index in [4.69, 9.17) is 10.1 Å². The van der Waals surface area contributed by atoms with Crippen LogP contribution in [-0.2, 0) is 4.79 Å². The van der Waals surface area contributed by atoms with Gasteiger partial charge in [0.15, 0.2) is 0 Å². The molecule has 0 bridgehead atoms. The van der Waals surface area contributed by atoms with Gasteiger partial charge in [0.1, 0.15) is 5.82 Å². The van der Waals surface area contributed by atoms with Crippen molar-refractivity contribution in [2.75, 3.05) is 11.9 Å². The van der Waals surface area contributed by atoms with Crippen molar-refractivity contribution in [2.24, 2.45) is 5.92 Å². The number of carboxylic acid groups (broad SMARTS) is 1. The average Bonchev–Trinajstić information content (AvgIpc) is 2.73. The largest absolute Gasteiger partial charge is 0.481 e. The number of hydrogen-bond donors (Lipinski definition) is 3. The highest BCUT2D eigenvalue weighted by molar-refractivity contribution is 5.94. The van der Waals surface area contributed by atoms with E-state index < -0.39 is 5.97 Å². The lowest BCUT2D eigenvalue weighted by molar-refractivity contribution is -0.136. The Kier molecular flexibility index (Phi) is 7.23. The SMILES string of the molecule is Cc1cc(N[C@H](CC(C)C)c2ccc(C(=O)NCCC(=O)O)cc2)nc2ccccc12. The number of amides is 1. The third-order valence-corrected chi connectivity index (χ3v) is 5.15. The molecule has 31 heavy (non-hydrogen) atoms. The van der Waals surface area contributed by atoms with Gasteiger partial charge in [-0.05, 0) is 54.7 Å². The summed E-state index contributed by atoms with van der Waals surface area (Å²) in [6.45, 7) is 6.56. The number of aryl methyl sites for hydroxylation is 1. The van der Waals surface area contributed by atoms with Gasteiger partial charge in [0.05, 0.1) is 18.0 Å². The molecule has 1 amide bonds. The van der Waals surface area contributed by atoms with Crippen LogP contribution in [0.3, 0.4) is 0 Å². The number of rotatable bonds is 9. The Morgan fingerprint density at radius 1 is 1.06 bits per heavy atom. The summed E-state index contributed by atoms with van der Waals surface area (Å²) in [6.07, 6.45) is 0.820. The standard InChI is InChI=1S/C25H29N3O3/c1-16(2)14-22(28-23-15-17(3)20-6-4-5-7-21(20)27-23)18-8-10-19(11-9-18)25(31)26-13-12-24(29)30/h4-11,15-16,22H,12-14H2,1-3H3,(H,26,31)(H,27,28)(H,29,30)/t22-/m1/s1. The second-order valence-corrected chi connectivity index (χ2v) is 8.19. The molecule has 3 N–H and O–H groups in total. The van der Waals surface area contributed by atoms with Gasteiger partial charge < -0.3 is 15.7 Å². The van der Waals surface area contributed by atoms with Crippen LogP contribution in [-0.4, -0.2) is 28.5 Å². The van der Waals surface area contributed by atoms with Crippen molar-refractivity contribution in [3.8, 4) is 0 Å². The Labute approximate surface area is 182 Å². The van der Waals surface area contributed by atoms with Gasteiger partial charge in [-0.15, -0.1) is 0 Å². The van der Waals surface area contributed by atoms with Gasteiger partial charge >= 0.3 is 5.97 Å². The number of nitrogens with zero attached hydrogens (tertiary/aromatic N) is 1. The van der Waals surface area contributed by atoms with Gasteiger partial charge in [0.25, 0.3) is 5.91 Å². The lowest BCUT2D eigenvalue weighted by Gasteiger charge is -2.22.